The Labute approximate surface area is 103 Å². The summed E-state index contributed by atoms with van der Waals surface area (Å²) in [5, 5.41) is 3.44. The minimum absolute atomic E-state index is 0.728. The average Bonchev–Trinajstić information content (AvgIpc) is 3.18. The maximum absolute atomic E-state index is 5.57. The molecule has 1 N–H and O–H groups in total. The standard InChI is InChI=1S/C14H20N2O/c1-2-3-4-9-17-14-8-7-13(16-11-14)10-15-12-5-6-12/h2,7-8,11-12,15H,1,3-6,9-10H2. The fraction of sp³-hybridized carbons (Fsp3) is 0.500. The quantitative estimate of drug-likeness (QED) is 0.552. The predicted molar refractivity (Wildman–Crippen MR) is 69.0 cm³/mol. The predicted octanol–water partition coefficient (Wildman–Crippen LogP) is 2.68. The van der Waals surface area contributed by atoms with E-state index in [1.165, 1.54) is 12.8 Å². The van der Waals surface area contributed by atoms with Crippen LogP contribution in [0.25, 0.3) is 0 Å². The summed E-state index contributed by atoms with van der Waals surface area (Å²) in [6, 6.07) is 4.75. The van der Waals surface area contributed by atoms with Crippen LogP contribution in [0.1, 0.15) is 31.4 Å². The molecule has 1 heterocycles. The first-order valence-corrected chi connectivity index (χ1v) is 6.30. The molecule has 0 unspecified atom stereocenters. The van der Waals surface area contributed by atoms with Gasteiger partial charge >= 0.3 is 0 Å². The van der Waals surface area contributed by atoms with E-state index in [4.69, 9.17) is 4.74 Å². The van der Waals surface area contributed by atoms with Gasteiger partial charge in [-0.3, -0.25) is 4.98 Å². The summed E-state index contributed by atoms with van der Waals surface area (Å²) >= 11 is 0. The molecule has 3 nitrogen and oxygen atoms in total. The molecular weight excluding hydrogens is 212 g/mol. The highest BCUT2D eigenvalue weighted by molar-refractivity contribution is 5.19. The van der Waals surface area contributed by atoms with Crippen molar-refractivity contribution in [1.29, 1.82) is 0 Å². The number of rotatable bonds is 8. The van der Waals surface area contributed by atoms with Crippen molar-refractivity contribution in [3.05, 3.63) is 36.7 Å². The molecule has 0 amide bonds. The Kier molecular flexibility index (Phi) is 4.56. The molecule has 1 aliphatic rings. The molecule has 2 rings (SSSR count). The molecule has 0 bridgehead atoms. The first-order valence-electron chi connectivity index (χ1n) is 6.30. The molecule has 0 saturated heterocycles. The molecule has 0 radical (unpaired) electrons. The largest absolute Gasteiger partial charge is 0.492 e. The number of nitrogens with zero attached hydrogens (tertiary/aromatic N) is 1. The summed E-state index contributed by atoms with van der Waals surface area (Å²) in [6.07, 6.45) is 8.34. The second-order valence-corrected chi connectivity index (χ2v) is 4.42. The average molecular weight is 232 g/mol. The van der Waals surface area contributed by atoms with Crippen molar-refractivity contribution in [1.82, 2.24) is 10.3 Å². The molecule has 0 atom stereocenters. The van der Waals surface area contributed by atoms with E-state index in [1.54, 1.807) is 6.20 Å². The molecule has 17 heavy (non-hydrogen) atoms. The zero-order valence-electron chi connectivity index (χ0n) is 10.2. The van der Waals surface area contributed by atoms with E-state index in [0.29, 0.717) is 0 Å². The van der Waals surface area contributed by atoms with Crippen LogP contribution in [0.15, 0.2) is 31.0 Å². The maximum atomic E-state index is 5.57. The van der Waals surface area contributed by atoms with Gasteiger partial charge in [-0.1, -0.05) is 6.08 Å². The zero-order valence-corrected chi connectivity index (χ0v) is 10.2. The van der Waals surface area contributed by atoms with Crippen LogP contribution in [0.5, 0.6) is 5.75 Å². The molecule has 0 aliphatic heterocycles. The maximum Gasteiger partial charge on any atom is 0.137 e. The summed E-state index contributed by atoms with van der Waals surface area (Å²) in [6.45, 7) is 5.27. The van der Waals surface area contributed by atoms with Gasteiger partial charge in [-0.15, -0.1) is 6.58 Å². The zero-order chi connectivity index (χ0) is 11.9. The highest BCUT2D eigenvalue weighted by Gasteiger charge is 2.19. The molecule has 1 aromatic heterocycles. The highest BCUT2D eigenvalue weighted by Crippen LogP contribution is 2.19. The second-order valence-electron chi connectivity index (χ2n) is 4.42. The minimum atomic E-state index is 0.728. The molecule has 1 fully saturated rings. The van der Waals surface area contributed by atoms with Crippen LogP contribution in [0, 0.1) is 0 Å². The number of nitrogens with one attached hydrogen (secondary N) is 1. The summed E-state index contributed by atoms with van der Waals surface area (Å²) in [7, 11) is 0. The van der Waals surface area contributed by atoms with Gasteiger partial charge in [-0.25, -0.2) is 0 Å². The summed E-state index contributed by atoms with van der Waals surface area (Å²) in [4.78, 5) is 4.37. The van der Waals surface area contributed by atoms with E-state index in [0.717, 1.165) is 43.5 Å². The molecular formula is C14H20N2O. The normalized spacial score (nSPS) is 14.6. The van der Waals surface area contributed by atoms with Crippen molar-refractivity contribution in [3.8, 4) is 5.75 Å². The number of pyridine rings is 1. The molecule has 1 aromatic rings. The molecule has 92 valence electrons. The van der Waals surface area contributed by atoms with Crippen molar-refractivity contribution in [2.75, 3.05) is 6.61 Å². The van der Waals surface area contributed by atoms with Crippen molar-refractivity contribution in [3.63, 3.8) is 0 Å². The monoisotopic (exact) mass is 232 g/mol. The third-order valence-corrected chi connectivity index (χ3v) is 2.77. The van der Waals surface area contributed by atoms with Crippen molar-refractivity contribution < 1.29 is 4.74 Å². The first-order chi connectivity index (χ1) is 8.38. The summed E-state index contributed by atoms with van der Waals surface area (Å²) < 4.78 is 5.57. The molecule has 0 spiro atoms. The van der Waals surface area contributed by atoms with Crippen LogP contribution >= 0.6 is 0 Å². The van der Waals surface area contributed by atoms with E-state index < -0.39 is 0 Å². The number of hydrogen-bond acceptors (Lipinski definition) is 3. The Bertz CT molecular complexity index is 344. The van der Waals surface area contributed by atoms with E-state index in [2.05, 4.69) is 16.9 Å². The molecule has 3 heteroatoms. The van der Waals surface area contributed by atoms with Gasteiger partial charge in [0.2, 0.25) is 0 Å². The minimum Gasteiger partial charge on any atom is -0.492 e. The lowest BCUT2D eigenvalue weighted by molar-refractivity contribution is 0.310. The van der Waals surface area contributed by atoms with E-state index in [-0.39, 0.29) is 0 Å². The van der Waals surface area contributed by atoms with E-state index in [9.17, 15) is 0 Å². The van der Waals surface area contributed by atoms with Gasteiger partial charge < -0.3 is 10.1 Å². The third kappa shape index (κ3) is 4.57. The Balaban J connectivity index is 1.70. The van der Waals surface area contributed by atoms with Gasteiger partial charge in [-0.05, 0) is 37.8 Å². The summed E-state index contributed by atoms with van der Waals surface area (Å²) in [5.41, 5.74) is 1.08. The smallest absolute Gasteiger partial charge is 0.137 e. The SMILES string of the molecule is C=CCCCOc1ccc(CNC2CC2)nc1. The van der Waals surface area contributed by atoms with Crippen molar-refractivity contribution in [2.45, 2.75) is 38.3 Å². The molecule has 1 saturated carbocycles. The first kappa shape index (κ1) is 12.1. The number of aromatic nitrogens is 1. The molecule has 0 aromatic carbocycles. The van der Waals surface area contributed by atoms with Gasteiger partial charge in [0, 0.05) is 12.6 Å². The fourth-order valence-electron chi connectivity index (χ4n) is 1.55. The van der Waals surface area contributed by atoms with Crippen LogP contribution < -0.4 is 10.1 Å². The van der Waals surface area contributed by atoms with Gasteiger partial charge in [0.15, 0.2) is 0 Å². The van der Waals surface area contributed by atoms with Crippen molar-refractivity contribution in [2.24, 2.45) is 0 Å². The van der Waals surface area contributed by atoms with Crippen LogP contribution in [0.4, 0.5) is 0 Å². The Hall–Kier alpha value is -1.35. The number of unbranched alkanes of at least 4 members (excludes halogenated alkanes) is 1. The van der Waals surface area contributed by atoms with Crippen LogP contribution in [-0.4, -0.2) is 17.6 Å². The number of ether oxygens (including phenoxy) is 1. The third-order valence-electron chi connectivity index (χ3n) is 2.77. The number of allylic oxidation sites excluding steroid dienone is 1. The van der Waals surface area contributed by atoms with Crippen LogP contribution in [0.3, 0.4) is 0 Å². The van der Waals surface area contributed by atoms with Gasteiger partial charge in [0.25, 0.3) is 0 Å². The van der Waals surface area contributed by atoms with Crippen LogP contribution in [0.2, 0.25) is 0 Å². The van der Waals surface area contributed by atoms with E-state index >= 15 is 0 Å². The van der Waals surface area contributed by atoms with Gasteiger partial charge in [0.1, 0.15) is 5.75 Å². The highest BCUT2D eigenvalue weighted by atomic mass is 16.5. The number of hydrogen-bond donors (Lipinski definition) is 1. The lowest BCUT2D eigenvalue weighted by atomic mass is 10.3. The lowest BCUT2D eigenvalue weighted by Crippen LogP contribution is -2.16. The van der Waals surface area contributed by atoms with Crippen LogP contribution in [-0.2, 0) is 6.54 Å². The molecule has 1 aliphatic carbocycles. The fourth-order valence-corrected chi connectivity index (χ4v) is 1.55. The van der Waals surface area contributed by atoms with Gasteiger partial charge in [-0.2, -0.15) is 0 Å². The lowest BCUT2D eigenvalue weighted by Gasteiger charge is -2.06. The van der Waals surface area contributed by atoms with Crippen molar-refractivity contribution >= 4 is 0 Å². The Morgan fingerprint density at radius 1 is 1.47 bits per heavy atom. The summed E-state index contributed by atoms with van der Waals surface area (Å²) in [5.74, 6) is 0.851. The topological polar surface area (TPSA) is 34.1 Å². The second kappa shape index (κ2) is 6.40. The van der Waals surface area contributed by atoms with Gasteiger partial charge in [0.05, 0.1) is 18.5 Å². The Morgan fingerprint density at radius 2 is 2.35 bits per heavy atom. The van der Waals surface area contributed by atoms with E-state index in [1.807, 2.05) is 18.2 Å². The Morgan fingerprint density at radius 3 is 3.00 bits per heavy atom.